The van der Waals surface area contributed by atoms with Crippen molar-refractivity contribution in [2.75, 3.05) is 0 Å². The maximum absolute atomic E-state index is 12.9. The van der Waals surface area contributed by atoms with Gasteiger partial charge in [0, 0.05) is 42.2 Å². The monoisotopic (exact) mass is 377 g/mol. The molecule has 3 aromatic rings. The van der Waals surface area contributed by atoms with Gasteiger partial charge in [-0.15, -0.1) is 0 Å². The van der Waals surface area contributed by atoms with Crippen LogP contribution in [0.1, 0.15) is 37.4 Å². The number of rotatable bonds is 3. The molecule has 2 aliphatic rings. The second-order valence-electron chi connectivity index (χ2n) is 7.90. The summed E-state index contributed by atoms with van der Waals surface area (Å²) in [6.07, 6.45) is 7.64. The van der Waals surface area contributed by atoms with E-state index in [1.165, 1.54) is 0 Å². The van der Waals surface area contributed by atoms with Crippen molar-refractivity contribution in [2.45, 2.75) is 57.2 Å². The van der Waals surface area contributed by atoms with E-state index in [0.29, 0.717) is 17.5 Å². The molecule has 7 heteroatoms. The number of hydrogen-bond donors (Lipinski definition) is 1. The third-order valence-electron chi connectivity index (χ3n) is 5.91. The predicted molar refractivity (Wildman–Crippen MR) is 104 cm³/mol. The van der Waals surface area contributed by atoms with Gasteiger partial charge in [-0.05, 0) is 31.7 Å². The van der Waals surface area contributed by atoms with E-state index < -0.39 is 0 Å². The summed E-state index contributed by atoms with van der Waals surface area (Å²) in [6.45, 7) is 1.82. The first-order chi connectivity index (χ1) is 13.6. The number of oxazole rings is 1. The van der Waals surface area contributed by atoms with E-state index in [0.717, 1.165) is 42.1 Å². The molecule has 2 aliphatic heterocycles. The third-order valence-corrected chi connectivity index (χ3v) is 5.91. The highest BCUT2D eigenvalue weighted by atomic mass is 16.4. The number of carbonyl (C=O) groups is 1. The van der Waals surface area contributed by atoms with Crippen LogP contribution in [0, 0.1) is 6.92 Å². The first-order valence-corrected chi connectivity index (χ1v) is 9.82. The Labute approximate surface area is 163 Å². The average Bonchev–Trinajstić information content (AvgIpc) is 3.22. The van der Waals surface area contributed by atoms with Crippen LogP contribution in [0.25, 0.3) is 22.2 Å². The second kappa shape index (κ2) is 6.67. The number of benzene rings is 1. The largest absolute Gasteiger partial charge is 0.441 e. The van der Waals surface area contributed by atoms with Crippen molar-refractivity contribution in [3.63, 3.8) is 0 Å². The summed E-state index contributed by atoms with van der Waals surface area (Å²) < 4.78 is 5.61. The molecule has 2 saturated heterocycles. The number of amides is 1. The van der Waals surface area contributed by atoms with Gasteiger partial charge < -0.3 is 15.1 Å². The number of piperidine rings is 1. The van der Waals surface area contributed by atoms with Crippen LogP contribution < -0.4 is 5.73 Å². The summed E-state index contributed by atoms with van der Waals surface area (Å²) in [7, 11) is 0. The van der Waals surface area contributed by atoms with Crippen molar-refractivity contribution in [3.05, 3.63) is 42.3 Å². The highest BCUT2D eigenvalue weighted by molar-refractivity contribution is 5.84. The quantitative estimate of drug-likeness (QED) is 0.753. The fourth-order valence-electron chi connectivity index (χ4n) is 4.65. The third kappa shape index (κ3) is 3.05. The molecule has 2 N–H and O–H groups in total. The van der Waals surface area contributed by atoms with Crippen molar-refractivity contribution in [1.82, 2.24) is 19.9 Å². The fourth-order valence-corrected chi connectivity index (χ4v) is 4.65. The molecule has 2 fully saturated rings. The molecule has 7 nitrogen and oxygen atoms in total. The lowest BCUT2D eigenvalue weighted by molar-refractivity contribution is -0.135. The van der Waals surface area contributed by atoms with E-state index in [1.54, 1.807) is 12.4 Å². The highest BCUT2D eigenvalue weighted by Crippen LogP contribution is 2.35. The number of nitrogens with two attached hydrogens (primary N) is 1. The van der Waals surface area contributed by atoms with Gasteiger partial charge >= 0.3 is 0 Å². The first-order valence-electron chi connectivity index (χ1n) is 9.82. The van der Waals surface area contributed by atoms with Crippen LogP contribution in [0.4, 0.5) is 0 Å². The lowest BCUT2D eigenvalue weighted by Crippen LogP contribution is -2.50. The lowest BCUT2D eigenvalue weighted by atomic mass is 9.98. The van der Waals surface area contributed by atoms with E-state index >= 15 is 0 Å². The molecule has 5 rings (SSSR count). The summed E-state index contributed by atoms with van der Waals surface area (Å²) >= 11 is 0. The lowest BCUT2D eigenvalue weighted by Gasteiger charge is -2.37. The molecule has 2 bridgehead atoms. The Hall–Kier alpha value is -2.80. The molecule has 2 aromatic heterocycles. The van der Waals surface area contributed by atoms with Crippen molar-refractivity contribution < 1.29 is 9.21 Å². The molecule has 1 unspecified atom stereocenters. The average molecular weight is 377 g/mol. The zero-order valence-corrected chi connectivity index (χ0v) is 15.8. The fraction of sp³-hybridized carbons (Fsp3) is 0.429. The van der Waals surface area contributed by atoms with Gasteiger partial charge in [0.2, 0.25) is 5.91 Å². The Balaban J connectivity index is 1.39. The minimum absolute atomic E-state index is 0.112. The SMILES string of the molecule is Cc1ncc(-c2ccc3cnc(CC(=O)N4[C@@H]5CC[C@H]4CC(N)C5)nc3c2)o1. The molecule has 0 saturated carbocycles. The number of fused-ring (bicyclic) bond motifs is 3. The standard InChI is InChI=1S/C21H23N5O2/c1-12-23-11-19(28-12)13-2-3-14-10-24-20(25-18(14)6-13)9-21(27)26-16-4-5-17(26)8-15(22)7-16/h2-3,6,10-11,15-17H,4-5,7-9,22H2,1H3/t15?,16-,17+. The Morgan fingerprint density at radius 2 is 2.00 bits per heavy atom. The zero-order valence-electron chi connectivity index (χ0n) is 15.8. The van der Waals surface area contributed by atoms with E-state index in [4.69, 9.17) is 10.2 Å². The maximum Gasteiger partial charge on any atom is 0.230 e. The number of hydrogen-bond acceptors (Lipinski definition) is 6. The number of carbonyl (C=O) groups excluding carboxylic acids is 1. The molecule has 1 aromatic carbocycles. The van der Waals surface area contributed by atoms with E-state index in [2.05, 4.69) is 15.0 Å². The summed E-state index contributed by atoms with van der Waals surface area (Å²) in [5, 5.41) is 0.931. The molecular weight excluding hydrogens is 354 g/mol. The van der Waals surface area contributed by atoms with Crippen LogP contribution in [-0.2, 0) is 11.2 Å². The van der Waals surface area contributed by atoms with E-state index in [9.17, 15) is 4.79 Å². The summed E-state index contributed by atoms with van der Waals surface area (Å²) in [4.78, 5) is 28.2. The molecule has 0 radical (unpaired) electrons. The number of aryl methyl sites for hydroxylation is 1. The Morgan fingerprint density at radius 1 is 1.21 bits per heavy atom. The van der Waals surface area contributed by atoms with Crippen molar-refractivity contribution in [1.29, 1.82) is 0 Å². The molecule has 144 valence electrons. The summed E-state index contributed by atoms with van der Waals surface area (Å²) in [6, 6.07) is 6.66. The van der Waals surface area contributed by atoms with Crippen molar-refractivity contribution in [3.8, 4) is 11.3 Å². The van der Waals surface area contributed by atoms with Crippen LogP contribution in [0.15, 0.2) is 35.0 Å². The topological polar surface area (TPSA) is 98.1 Å². The zero-order chi connectivity index (χ0) is 19.3. The predicted octanol–water partition coefficient (Wildman–Crippen LogP) is 2.62. The maximum atomic E-state index is 12.9. The van der Waals surface area contributed by atoms with E-state index in [-0.39, 0.29) is 30.5 Å². The van der Waals surface area contributed by atoms with Crippen LogP contribution in [0.3, 0.4) is 0 Å². The molecular formula is C21H23N5O2. The van der Waals surface area contributed by atoms with Crippen LogP contribution in [-0.4, -0.2) is 43.9 Å². The smallest absolute Gasteiger partial charge is 0.230 e. The number of nitrogens with zero attached hydrogens (tertiary/aromatic N) is 4. The normalized spacial score (nSPS) is 24.1. The Morgan fingerprint density at radius 3 is 2.71 bits per heavy atom. The molecule has 0 spiro atoms. The van der Waals surface area contributed by atoms with E-state index in [1.807, 2.05) is 30.0 Å². The summed E-state index contributed by atoms with van der Waals surface area (Å²) in [5.41, 5.74) is 7.83. The van der Waals surface area contributed by atoms with Gasteiger partial charge in [-0.2, -0.15) is 0 Å². The molecule has 4 heterocycles. The van der Waals surface area contributed by atoms with Gasteiger partial charge in [0.15, 0.2) is 11.7 Å². The van der Waals surface area contributed by atoms with Crippen molar-refractivity contribution >= 4 is 16.8 Å². The van der Waals surface area contributed by atoms with Crippen molar-refractivity contribution in [2.24, 2.45) is 5.73 Å². The van der Waals surface area contributed by atoms with Gasteiger partial charge in [0.05, 0.1) is 18.1 Å². The Bertz CT molecular complexity index is 1030. The minimum atomic E-state index is 0.112. The molecule has 28 heavy (non-hydrogen) atoms. The second-order valence-corrected chi connectivity index (χ2v) is 7.90. The van der Waals surface area contributed by atoms with Gasteiger partial charge in [-0.1, -0.05) is 12.1 Å². The van der Waals surface area contributed by atoms with Crippen LogP contribution in [0.5, 0.6) is 0 Å². The molecule has 1 amide bonds. The van der Waals surface area contributed by atoms with Gasteiger partial charge in [0.1, 0.15) is 5.82 Å². The molecule has 0 aliphatic carbocycles. The minimum Gasteiger partial charge on any atom is -0.441 e. The first kappa shape index (κ1) is 17.3. The highest BCUT2D eigenvalue weighted by Gasteiger charge is 2.42. The number of aromatic nitrogens is 3. The van der Waals surface area contributed by atoms with Crippen LogP contribution in [0.2, 0.25) is 0 Å². The van der Waals surface area contributed by atoms with Gasteiger partial charge in [-0.3, -0.25) is 4.79 Å². The summed E-state index contributed by atoms with van der Waals surface area (Å²) in [5.74, 6) is 2.00. The van der Waals surface area contributed by atoms with Gasteiger partial charge in [-0.25, -0.2) is 15.0 Å². The van der Waals surface area contributed by atoms with Crippen LogP contribution >= 0.6 is 0 Å². The Kier molecular flexibility index (Phi) is 4.12. The van der Waals surface area contributed by atoms with Gasteiger partial charge in [0.25, 0.3) is 0 Å². The molecule has 3 atom stereocenters.